The van der Waals surface area contributed by atoms with Gasteiger partial charge in [0, 0.05) is 69.6 Å². The molecule has 2 saturated heterocycles. The molecule has 0 bridgehead atoms. The van der Waals surface area contributed by atoms with Crippen LogP contribution >= 0.6 is 35.6 Å². The molecular formula is C21H34ClIN4O2. The summed E-state index contributed by atoms with van der Waals surface area (Å²) in [5.41, 5.74) is 2.50. The first-order valence-corrected chi connectivity index (χ1v) is 10.7. The van der Waals surface area contributed by atoms with E-state index in [0.717, 1.165) is 83.0 Å². The van der Waals surface area contributed by atoms with Crippen molar-refractivity contribution in [2.75, 3.05) is 71.1 Å². The average molecular weight is 537 g/mol. The van der Waals surface area contributed by atoms with Gasteiger partial charge in [0.05, 0.1) is 13.2 Å². The fraction of sp³-hybridized carbons (Fsp3) is 0.667. The maximum atomic E-state index is 6.19. The summed E-state index contributed by atoms with van der Waals surface area (Å²) in [6.45, 7) is 10.2. The van der Waals surface area contributed by atoms with Gasteiger partial charge in [-0.2, -0.15) is 0 Å². The normalized spacial score (nSPS) is 20.0. The lowest BCUT2D eigenvalue weighted by Crippen LogP contribution is -2.52. The molecule has 0 radical (unpaired) electrons. The molecule has 6 nitrogen and oxygen atoms in total. The number of guanidine groups is 1. The first-order chi connectivity index (χ1) is 13.7. The zero-order chi connectivity index (χ0) is 19.8. The molecule has 1 aromatic rings. The Kier molecular flexibility index (Phi) is 10.8. The molecule has 2 fully saturated rings. The average Bonchev–Trinajstić information content (AvgIpc) is 3.23. The molecule has 1 atom stereocenters. The number of piperazine rings is 1. The molecule has 1 aromatic carbocycles. The Labute approximate surface area is 197 Å². The highest BCUT2D eigenvalue weighted by Gasteiger charge is 2.21. The second kappa shape index (κ2) is 12.8. The van der Waals surface area contributed by atoms with E-state index < -0.39 is 0 Å². The summed E-state index contributed by atoms with van der Waals surface area (Å²) in [6, 6.07) is 6.11. The Morgan fingerprint density at radius 3 is 2.79 bits per heavy atom. The van der Waals surface area contributed by atoms with E-state index in [-0.39, 0.29) is 24.0 Å². The number of rotatable bonds is 7. The van der Waals surface area contributed by atoms with Gasteiger partial charge in [0.1, 0.15) is 0 Å². The Bertz CT molecular complexity index is 648. The lowest BCUT2D eigenvalue weighted by Gasteiger charge is -2.38. The van der Waals surface area contributed by atoms with Crippen LogP contribution in [0.5, 0.6) is 0 Å². The van der Waals surface area contributed by atoms with Gasteiger partial charge in [0.2, 0.25) is 0 Å². The van der Waals surface area contributed by atoms with Crippen molar-refractivity contribution in [2.45, 2.75) is 19.8 Å². The van der Waals surface area contributed by atoms with Gasteiger partial charge in [-0.25, -0.2) is 0 Å². The predicted octanol–water partition coefficient (Wildman–Crippen LogP) is 3.41. The van der Waals surface area contributed by atoms with E-state index in [4.69, 9.17) is 21.1 Å². The number of nitrogens with one attached hydrogen (secondary N) is 1. The fourth-order valence-electron chi connectivity index (χ4n) is 3.75. The third-order valence-electron chi connectivity index (χ3n) is 5.43. The summed E-state index contributed by atoms with van der Waals surface area (Å²) >= 11 is 6.19. The molecule has 8 heteroatoms. The van der Waals surface area contributed by atoms with Crippen molar-refractivity contribution in [3.05, 3.63) is 28.8 Å². The standard InChI is InChI=1S/C21H33ClN4O2.HI/c1-17-4-5-19(22)14-20(17)25-8-10-26(11-9-25)21(23-2)24-7-3-12-27-15-18-6-13-28-16-18;/h4-5,14,18H,3,6-13,15-16H2,1-2H3,(H,23,24);1H. The molecule has 0 aliphatic carbocycles. The van der Waals surface area contributed by atoms with Crippen molar-refractivity contribution in [1.29, 1.82) is 0 Å². The predicted molar refractivity (Wildman–Crippen MR) is 131 cm³/mol. The van der Waals surface area contributed by atoms with Gasteiger partial charge in [0.15, 0.2) is 5.96 Å². The van der Waals surface area contributed by atoms with Crippen LogP contribution < -0.4 is 10.2 Å². The number of hydrogen-bond donors (Lipinski definition) is 1. The van der Waals surface area contributed by atoms with Gasteiger partial charge >= 0.3 is 0 Å². The Hall–Kier alpha value is -0.770. The molecule has 2 heterocycles. The molecule has 164 valence electrons. The van der Waals surface area contributed by atoms with E-state index >= 15 is 0 Å². The van der Waals surface area contributed by atoms with Crippen LogP contribution in [-0.4, -0.2) is 77.1 Å². The summed E-state index contributed by atoms with van der Waals surface area (Å²) in [5, 5.41) is 4.27. The van der Waals surface area contributed by atoms with Gasteiger partial charge in [-0.3, -0.25) is 4.99 Å². The van der Waals surface area contributed by atoms with Crippen LogP contribution in [0.15, 0.2) is 23.2 Å². The number of anilines is 1. The highest BCUT2D eigenvalue weighted by Crippen LogP contribution is 2.25. The first-order valence-electron chi connectivity index (χ1n) is 10.3. The van der Waals surface area contributed by atoms with Gasteiger partial charge in [-0.15, -0.1) is 24.0 Å². The minimum Gasteiger partial charge on any atom is -0.381 e. The van der Waals surface area contributed by atoms with E-state index in [1.165, 1.54) is 11.3 Å². The minimum absolute atomic E-state index is 0. The zero-order valence-electron chi connectivity index (χ0n) is 17.5. The molecule has 29 heavy (non-hydrogen) atoms. The van der Waals surface area contributed by atoms with Crippen LogP contribution in [0, 0.1) is 12.8 Å². The van der Waals surface area contributed by atoms with Crippen LogP contribution in [-0.2, 0) is 9.47 Å². The number of nitrogens with zero attached hydrogens (tertiary/aromatic N) is 3. The Morgan fingerprint density at radius 2 is 2.10 bits per heavy atom. The SMILES string of the molecule is CN=C(NCCCOCC1CCOC1)N1CCN(c2cc(Cl)ccc2C)CC1.I. The van der Waals surface area contributed by atoms with Crippen molar-refractivity contribution < 1.29 is 9.47 Å². The number of hydrogen-bond acceptors (Lipinski definition) is 4. The van der Waals surface area contributed by atoms with Crippen molar-refractivity contribution in [3.8, 4) is 0 Å². The summed E-state index contributed by atoms with van der Waals surface area (Å²) < 4.78 is 11.1. The molecule has 1 N–H and O–H groups in total. The summed E-state index contributed by atoms with van der Waals surface area (Å²) in [7, 11) is 1.85. The molecule has 0 saturated carbocycles. The monoisotopic (exact) mass is 536 g/mol. The molecule has 0 amide bonds. The van der Waals surface area contributed by atoms with Crippen LogP contribution in [0.25, 0.3) is 0 Å². The smallest absolute Gasteiger partial charge is 0.193 e. The van der Waals surface area contributed by atoms with E-state index in [9.17, 15) is 0 Å². The number of aryl methyl sites for hydroxylation is 1. The van der Waals surface area contributed by atoms with Gasteiger partial charge in [-0.05, 0) is 37.5 Å². The number of aliphatic imine (C=N–C) groups is 1. The van der Waals surface area contributed by atoms with E-state index in [0.29, 0.717) is 5.92 Å². The number of benzene rings is 1. The van der Waals surface area contributed by atoms with E-state index in [1.807, 2.05) is 13.1 Å². The Morgan fingerprint density at radius 1 is 1.31 bits per heavy atom. The highest BCUT2D eigenvalue weighted by molar-refractivity contribution is 14.0. The van der Waals surface area contributed by atoms with Crippen LogP contribution in [0.1, 0.15) is 18.4 Å². The second-order valence-electron chi connectivity index (χ2n) is 7.54. The Balaban J connectivity index is 0.00000300. The number of halogens is 2. The van der Waals surface area contributed by atoms with Crippen molar-refractivity contribution in [1.82, 2.24) is 10.2 Å². The topological polar surface area (TPSA) is 49.3 Å². The quantitative estimate of drug-likeness (QED) is 0.251. The molecular weight excluding hydrogens is 503 g/mol. The van der Waals surface area contributed by atoms with Crippen LogP contribution in [0.2, 0.25) is 5.02 Å². The van der Waals surface area contributed by atoms with Gasteiger partial charge in [0.25, 0.3) is 0 Å². The summed E-state index contributed by atoms with van der Waals surface area (Å²) in [6.07, 6.45) is 2.11. The number of ether oxygens (including phenoxy) is 2. The maximum Gasteiger partial charge on any atom is 0.193 e. The van der Waals surface area contributed by atoms with Crippen LogP contribution in [0.3, 0.4) is 0 Å². The summed E-state index contributed by atoms with van der Waals surface area (Å²) in [4.78, 5) is 9.19. The molecule has 1 unspecified atom stereocenters. The fourth-order valence-corrected chi connectivity index (χ4v) is 3.92. The third-order valence-corrected chi connectivity index (χ3v) is 5.66. The molecule has 2 aliphatic rings. The minimum atomic E-state index is 0. The maximum absolute atomic E-state index is 6.19. The van der Waals surface area contributed by atoms with E-state index in [1.54, 1.807) is 0 Å². The molecule has 0 aromatic heterocycles. The first kappa shape index (κ1) is 24.5. The highest BCUT2D eigenvalue weighted by atomic mass is 127. The van der Waals surface area contributed by atoms with Crippen LogP contribution in [0.4, 0.5) is 5.69 Å². The lowest BCUT2D eigenvalue weighted by atomic mass is 10.1. The van der Waals surface area contributed by atoms with E-state index in [2.05, 4.69) is 39.2 Å². The van der Waals surface area contributed by atoms with Crippen molar-refractivity contribution in [2.24, 2.45) is 10.9 Å². The second-order valence-corrected chi connectivity index (χ2v) is 7.97. The molecule has 3 rings (SSSR count). The molecule has 0 spiro atoms. The lowest BCUT2D eigenvalue weighted by molar-refractivity contribution is 0.0887. The van der Waals surface area contributed by atoms with Gasteiger partial charge in [-0.1, -0.05) is 17.7 Å². The largest absolute Gasteiger partial charge is 0.381 e. The van der Waals surface area contributed by atoms with Crippen molar-refractivity contribution in [3.63, 3.8) is 0 Å². The molecule has 2 aliphatic heterocycles. The third kappa shape index (κ3) is 7.45. The summed E-state index contributed by atoms with van der Waals surface area (Å²) in [5.74, 6) is 1.56. The van der Waals surface area contributed by atoms with Gasteiger partial charge < -0.3 is 24.6 Å². The van der Waals surface area contributed by atoms with Crippen molar-refractivity contribution >= 4 is 47.2 Å². The zero-order valence-corrected chi connectivity index (χ0v) is 20.6.